The van der Waals surface area contributed by atoms with Gasteiger partial charge in [0.25, 0.3) is 0 Å². The fourth-order valence-corrected chi connectivity index (χ4v) is 9.85. The molecular formula is C70H82. The standard InChI is InChI=1S/C70H82/c1-5-9-13-17-21-59-49-60(22-18-14-10-6-2)52-69(51-59)67-45-41-65(42-46-67)63-37-33-57(34-38-63)31-29-55-25-27-56(28-26-55)30-32-58-35-39-64(40-36-58)66-43-47-68(48-44-66)70-53-61(23-19-15-11-7-3)50-62(54-70)24-20-16-12-8-4/h25-54H,5-24H2,1-4H3/b31-29+,32-30+. The highest BCUT2D eigenvalue weighted by Crippen LogP contribution is 2.31. The molecule has 0 nitrogen and oxygen atoms in total. The molecular weight excluding hydrogens is 841 g/mol. The Morgan fingerprint density at radius 2 is 0.414 bits per heavy atom. The second kappa shape index (κ2) is 28.6. The maximum absolute atomic E-state index is 2.48. The number of benzene rings is 7. The van der Waals surface area contributed by atoms with E-state index in [-0.39, 0.29) is 0 Å². The monoisotopic (exact) mass is 923 g/mol. The number of rotatable bonds is 28. The van der Waals surface area contributed by atoms with Crippen molar-refractivity contribution in [2.75, 3.05) is 0 Å². The minimum absolute atomic E-state index is 1.18. The average molecular weight is 923 g/mol. The van der Waals surface area contributed by atoms with Crippen LogP contribution in [0, 0.1) is 0 Å². The molecule has 0 heteroatoms. The summed E-state index contributed by atoms with van der Waals surface area (Å²) >= 11 is 0. The van der Waals surface area contributed by atoms with Gasteiger partial charge in [-0.15, -0.1) is 0 Å². The lowest BCUT2D eigenvalue weighted by molar-refractivity contribution is 0.661. The van der Waals surface area contributed by atoms with Crippen LogP contribution in [0.4, 0.5) is 0 Å². The molecule has 70 heavy (non-hydrogen) atoms. The van der Waals surface area contributed by atoms with Crippen LogP contribution in [0.1, 0.15) is 175 Å². The molecule has 0 atom stereocenters. The molecule has 0 radical (unpaired) electrons. The lowest BCUT2D eigenvalue weighted by atomic mass is 9.93. The molecule has 0 amide bonds. The van der Waals surface area contributed by atoms with E-state index in [0.717, 1.165) is 0 Å². The minimum atomic E-state index is 1.18. The topological polar surface area (TPSA) is 0 Å². The first-order valence-electron chi connectivity index (χ1n) is 27.6. The zero-order valence-electron chi connectivity index (χ0n) is 43.5. The molecule has 0 aliphatic heterocycles. The van der Waals surface area contributed by atoms with Crippen molar-refractivity contribution in [3.63, 3.8) is 0 Å². The molecule has 0 saturated heterocycles. The normalized spacial score (nSPS) is 11.6. The Hall–Kier alpha value is -5.98. The highest BCUT2D eigenvalue weighted by Gasteiger charge is 2.09. The molecule has 0 saturated carbocycles. The van der Waals surface area contributed by atoms with Gasteiger partial charge in [0.15, 0.2) is 0 Å². The summed E-state index contributed by atoms with van der Waals surface area (Å²) in [6.45, 7) is 9.18. The van der Waals surface area contributed by atoms with Crippen LogP contribution >= 0.6 is 0 Å². The second-order valence-corrected chi connectivity index (χ2v) is 20.1. The van der Waals surface area contributed by atoms with E-state index in [9.17, 15) is 0 Å². The lowest BCUT2D eigenvalue weighted by Gasteiger charge is -2.12. The Kier molecular flexibility index (Phi) is 21.2. The van der Waals surface area contributed by atoms with E-state index in [4.69, 9.17) is 0 Å². The van der Waals surface area contributed by atoms with Crippen molar-refractivity contribution in [1.82, 2.24) is 0 Å². The minimum Gasteiger partial charge on any atom is -0.0654 e. The van der Waals surface area contributed by atoms with Gasteiger partial charge < -0.3 is 0 Å². The highest BCUT2D eigenvalue weighted by atomic mass is 14.1. The molecule has 0 aromatic heterocycles. The summed E-state index contributed by atoms with van der Waals surface area (Å²) in [6, 6.07) is 59.9. The first kappa shape index (κ1) is 51.9. The van der Waals surface area contributed by atoms with Crippen molar-refractivity contribution < 1.29 is 0 Å². The third kappa shape index (κ3) is 16.6. The van der Waals surface area contributed by atoms with Crippen LogP contribution in [0.25, 0.3) is 68.8 Å². The molecule has 362 valence electrons. The van der Waals surface area contributed by atoms with Crippen molar-refractivity contribution >= 4 is 24.3 Å². The predicted octanol–water partition coefficient (Wildman–Crippen LogP) is 21.2. The first-order valence-corrected chi connectivity index (χ1v) is 27.6. The third-order valence-electron chi connectivity index (χ3n) is 14.2. The van der Waals surface area contributed by atoms with Crippen LogP contribution in [0.5, 0.6) is 0 Å². The fourth-order valence-electron chi connectivity index (χ4n) is 9.85. The number of hydrogen-bond acceptors (Lipinski definition) is 0. The van der Waals surface area contributed by atoms with Gasteiger partial charge in [0.2, 0.25) is 0 Å². The maximum Gasteiger partial charge on any atom is -0.0179 e. The summed E-state index contributed by atoms with van der Waals surface area (Å²) in [5, 5.41) is 0. The largest absolute Gasteiger partial charge is 0.0654 e. The molecule has 0 spiro atoms. The zero-order valence-corrected chi connectivity index (χ0v) is 43.5. The van der Waals surface area contributed by atoms with Crippen LogP contribution in [-0.2, 0) is 25.7 Å². The van der Waals surface area contributed by atoms with Crippen molar-refractivity contribution in [2.45, 2.75) is 156 Å². The van der Waals surface area contributed by atoms with Crippen LogP contribution in [0.2, 0.25) is 0 Å². The lowest BCUT2D eigenvalue weighted by Crippen LogP contribution is -1.93. The van der Waals surface area contributed by atoms with Crippen LogP contribution in [-0.4, -0.2) is 0 Å². The van der Waals surface area contributed by atoms with Crippen molar-refractivity contribution in [1.29, 1.82) is 0 Å². The van der Waals surface area contributed by atoms with E-state index in [1.807, 2.05) is 0 Å². The van der Waals surface area contributed by atoms with Gasteiger partial charge in [-0.2, -0.15) is 0 Å². The second-order valence-electron chi connectivity index (χ2n) is 20.1. The molecule has 0 bridgehead atoms. The number of unbranched alkanes of at least 4 members (excludes halogenated alkanes) is 12. The van der Waals surface area contributed by atoms with Crippen molar-refractivity contribution in [2.24, 2.45) is 0 Å². The van der Waals surface area contributed by atoms with Gasteiger partial charge in [-0.3, -0.25) is 0 Å². The molecule has 0 aliphatic rings. The molecule has 0 unspecified atom stereocenters. The summed E-state index contributed by atoms with van der Waals surface area (Å²) in [5.41, 5.74) is 21.2. The molecule has 0 aliphatic carbocycles. The molecule has 7 rings (SSSR count). The van der Waals surface area contributed by atoms with E-state index in [0.29, 0.717) is 0 Å². The van der Waals surface area contributed by atoms with Crippen LogP contribution in [0.3, 0.4) is 0 Å². The number of hydrogen-bond donors (Lipinski definition) is 0. The molecule has 0 fully saturated rings. The van der Waals surface area contributed by atoms with Gasteiger partial charge >= 0.3 is 0 Å². The van der Waals surface area contributed by atoms with Crippen LogP contribution in [0.15, 0.2) is 158 Å². The van der Waals surface area contributed by atoms with E-state index in [1.54, 1.807) is 0 Å². The van der Waals surface area contributed by atoms with Gasteiger partial charge in [-0.05, 0) is 140 Å². The molecule has 7 aromatic carbocycles. The van der Waals surface area contributed by atoms with Gasteiger partial charge in [0, 0.05) is 0 Å². The smallest absolute Gasteiger partial charge is 0.0179 e. The Bertz CT molecular complexity index is 2390. The molecule has 0 heterocycles. The fraction of sp³-hybridized carbons (Fsp3) is 0.343. The quantitative estimate of drug-likeness (QED) is 0.0339. The SMILES string of the molecule is CCCCCCc1cc(CCCCCC)cc(-c2ccc(-c3ccc(/C=C/c4ccc(/C=C/c5ccc(-c6ccc(-c7cc(CCCCCC)cc(CCCCCC)c7)cc6)cc5)cc4)cc3)cc2)c1. The maximum atomic E-state index is 2.48. The summed E-state index contributed by atoms with van der Waals surface area (Å²) < 4.78 is 0. The molecule has 7 aromatic rings. The zero-order chi connectivity index (χ0) is 48.6. The van der Waals surface area contributed by atoms with Crippen molar-refractivity contribution in [3.8, 4) is 44.5 Å². The Morgan fingerprint density at radius 3 is 0.643 bits per heavy atom. The van der Waals surface area contributed by atoms with Gasteiger partial charge in [0.1, 0.15) is 0 Å². The summed E-state index contributed by atoms with van der Waals surface area (Å²) in [6.07, 6.45) is 34.5. The summed E-state index contributed by atoms with van der Waals surface area (Å²) in [7, 11) is 0. The number of aryl methyl sites for hydroxylation is 4. The average Bonchev–Trinajstić information content (AvgIpc) is 3.41. The highest BCUT2D eigenvalue weighted by molar-refractivity contribution is 5.77. The Labute approximate surface area is 425 Å². The Balaban J connectivity index is 0.917. The van der Waals surface area contributed by atoms with E-state index in [1.165, 1.54) is 217 Å². The summed E-state index contributed by atoms with van der Waals surface area (Å²) in [5.74, 6) is 0. The van der Waals surface area contributed by atoms with Gasteiger partial charge in [-0.25, -0.2) is 0 Å². The summed E-state index contributed by atoms with van der Waals surface area (Å²) in [4.78, 5) is 0. The van der Waals surface area contributed by atoms with Gasteiger partial charge in [0.05, 0.1) is 0 Å². The third-order valence-corrected chi connectivity index (χ3v) is 14.2. The molecule has 0 N–H and O–H groups in total. The van der Waals surface area contributed by atoms with Crippen molar-refractivity contribution in [3.05, 3.63) is 202 Å². The van der Waals surface area contributed by atoms with Gasteiger partial charge in [-0.1, -0.05) is 287 Å². The predicted molar refractivity (Wildman–Crippen MR) is 310 cm³/mol. The van der Waals surface area contributed by atoms with E-state index < -0.39 is 0 Å². The van der Waals surface area contributed by atoms with E-state index in [2.05, 4.69) is 210 Å². The van der Waals surface area contributed by atoms with Crippen LogP contribution < -0.4 is 0 Å². The first-order chi connectivity index (χ1) is 34.5. The Morgan fingerprint density at radius 1 is 0.214 bits per heavy atom. The van der Waals surface area contributed by atoms with E-state index >= 15 is 0 Å².